The maximum Gasteiger partial charge on any atom is 0.229 e. The van der Waals surface area contributed by atoms with Gasteiger partial charge in [-0.3, -0.25) is 4.57 Å². The van der Waals surface area contributed by atoms with Gasteiger partial charge in [0.1, 0.15) is 5.82 Å². The highest BCUT2D eigenvalue weighted by atomic mass is 35.5. The average molecular weight is 284 g/mol. The third kappa shape index (κ3) is 2.38. The average Bonchev–Trinajstić information content (AvgIpc) is 2.63. The zero-order valence-electron chi connectivity index (χ0n) is 10.8. The van der Waals surface area contributed by atoms with Crippen LogP contribution in [0.1, 0.15) is 32.2 Å². The Morgan fingerprint density at radius 3 is 2.39 bits per heavy atom. The van der Waals surface area contributed by atoms with Gasteiger partial charge in [-0.05, 0) is 36.2 Å². The number of aryl methyl sites for hydroxylation is 1. The molecule has 0 N–H and O–H groups in total. The van der Waals surface area contributed by atoms with Crippen molar-refractivity contribution in [2.45, 2.75) is 33.1 Å². The van der Waals surface area contributed by atoms with Gasteiger partial charge in [-0.2, -0.15) is 0 Å². The summed E-state index contributed by atoms with van der Waals surface area (Å²) in [6.07, 6.45) is 0. The van der Waals surface area contributed by atoms with E-state index in [0.29, 0.717) is 10.3 Å². The summed E-state index contributed by atoms with van der Waals surface area (Å²) < 4.78 is 1.85. The van der Waals surface area contributed by atoms with Crippen LogP contribution < -0.4 is 0 Å². The normalized spacial score (nSPS) is 11.9. The van der Waals surface area contributed by atoms with Crippen LogP contribution in [0.3, 0.4) is 0 Å². The molecular formula is C13H15Cl2N3. The number of aromatic nitrogens is 3. The first-order valence-corrected chi connectivity index (χ1v) is 6.44. The van der Waals surface area contributed by atoms with E-state index < -0.39 is 0 Å². The van der Waals surface area contributed by atoms with E-state index in [1.54, 1.807) is 0 Å². The first kappa shape index (κ1) is 13.4. The van der Waals surface area contributed by atoms with E-state index in [9.17, 15) is 0 Å². The fourth-order valence-corrected chi connectivity index (χ4v) is 2.16. The van der Waals surface area contributed by atoms with E-state index >= 15 is 0 Å². The van der Waals surface area contributed by atoms with Crippen LogP contribution >= 0.6 is 23.2 Å². The first-order chi connectivity index (χ1) is 8.30. The Morgan fingerprint density at radius 2 is 1.78 bits per heavy atom. The Morgan fingerprint density at radius 1 is 1.11 bits per heavy atom. The molecule has 1 aromatic heterocycles. The molecule has 0 aliphatic heterocycles. The van der Waals surface area contributed by atoms with Crippen molar-refractivity contribution in [1.82, 2.24) is 14.8 Å². The molecule has 5 heteroatoms. The molecule has 2 aromatic rings. The van der Waals surface area contributed by atoms with Crippen LogP contribution in [0.25, 0.3) is 5.69 Å². The number of benzene rings is 1. The highest BCUT2D eigenvalue weighted by Crippen LogP contribution is 2.29. The van der Waals surface area contributed by atoms with Gasteiger partial charge >= 0.3 is 0 Å². The fraction of sp³-hybridized carbons (Fsp3) is 0.385. The topological polar surface area (TPSA) is 30.7 Å². The predicted octanol–water partition coefficient (Wildman–Crippen LogP) is 4.18. The maximum atomic E-state index is 6.16. The third-order valence-electron chi connectivity index (χ3n) is 2.71. The quantitative estimate of drug-likeness (QED) is 0.786. The minimum atomic E-state index is -0.144. The molecular weight excluding hydrogens is 269 g/mol. The zero-order chi connectivity index (χ0) is 13.5. The third-order valence-corrected chi connectivity index (χ3v) is 3.19. The van der Waals surface area contributed by atoms with E-state index in [1.165, 1.54) is 0 Å². The Bertz CT molecular complexity index is 582. The molecule has 96 valence electrons. The fourth-order valence-electron chi connectivity index (χ4n) is 1.79. The summed E-state index contributed by atoms with van der Waals surface area (Å²) >= 11 is 12.2. The van der Waals surface area contributed by atoms with E-state index in [0.717, 1.165) is 17.1 Å². The van der Waals surface area contributed by atoms with E-state index in [-0.39, 0.29) is 5.41 Å². The standard InChI is InChI=1S/C13H15Cl2N3/c1-8-5-6-9(14)7-10(8)18-11(13(2,3)4)16-17-12(18)15/h5-7H,1-4H3. The molecule has 0 unspecified atom stereocenters. The molecule has 0 aliphatic carbocycles. The molecule has 0 bridgehead atoms. The summed E-state index contributed by atoms with van der Waals surface area (Å²) in [7, 11) is 0. The van der Waals surface area contributed by atoms with Gasteiger partial charge in [-0.25, -0.2) is 0 Å². The first-order valence-electron chi connectivity index (χ1n) is 5.68. The van der Waals surface area contributed by atoms with Gasteiger partial charge in [-0.15, -0.1) is 10.2 Å². The van der Waals surface area contributed by atoms with E-state index in [2.05, 4.69) is 31.0 Å². The van der Waals surface area contributed by atoms with Gasteiger partial charge in [-0.1, -0.05) is 38.4 Å². The maximum absolute atomic E-state index is 6.16. The van der Waals surface area contributed by atoms with Gasteiger partial charge in [0.25, 0.3) is 0 Å². The molecule has 18 heavy (non-hydrogen) atoms. The second-order valence-electron chi connectivity index (χ2n) is 5.31. The van der Waals surface area contributed by atoms with Gasteiger partial charge in [0.2, 0.25) is 5.28 Å². The van der Waals surface area contributed by atoms with Gasteiger partial charge < -0.3 is 0 Å². The minimum absolute atomic E-state index is 0.144. The molecule has 0 saturated heterocycles. The summed E-state index contributed by atoms with van der Waals surface area (Å²) in [5.41, 5.74) is 1.85. The molecule has 0 fully saturated rings. The van der Waals surface area contributed by atoms with Crippen LogP contribution in [0.5, 0.6) is 0 Å². The zero-order valence-corrected chi connectivity index (χ0v) is 12.3. The Hall–Kier alpha value is -1.06. The van der Waals surface area contributed by atoms with Crippen molar-refractivity contribution in [2.24, 2.45) is 0 Å². The molecule has 1 aromatic carbocycles. The van der Waals surface area contributed by atoms with E-state index in [4.69, 9.17) is 23.2 Å². The van der Waals surface area contributed by atoms with Gasteiger partial charge in [0.15, 0.2) is 0 Å². The summed E-state index contributed by atoms with van der Waals surface area (Å²) in [4.78, 5) is 0. The molecule has 3 nitrogen and oxygen atoms in total. The van der Waals surface area contributed by atoms with Crippen molar-refractivity contribution in [3.8, 4) is 5.69 Å². The van der Waals surface area contributed by atoms with Crippen LogP contribution in [0.4, 0.5) is 0 Å². The molecule has 1 heterocycles. The van der Waals surface area contributed by atoms with Crippen molar-refractivity contribution in [3.05, 3.63) is 39.9 Å². The minimum Gasteiger partial charge on any atom is -0.269 e. The van der Waals surface area contributed by atoms with Crippen LogP contribution in [-0.2, 0) is 5.41 Å². The monoisotopic (exact) mass is 283 g/mol. The SMILES string of the molecule is Cc1ccc(Cl)cc1-n1c(Cl)nnc1C(C)(C)C. The molecule has 0 spiro atoms. The summed E-state index contributed by atoms with van der Waals surface area (Å²) in [6, 6.07) is 5.69. The van der Waals surface area contributed by atoms with Crippen LogP contribution in [0.15, 0.2) is 18.2 Å². The van der Waals surface area contributed by atoms with Crippen LogP contribution in [0, 0.1) is 6.92 Å². The lowest BCUT2D eigenvalue weighted by Gasteiger charge is -2.20. The molecule has 2 rings (SSSR count). The van der Waals surface area contributed by atoms with Crippen LogP contribution in [-0.4, -0.2) is 14.8 Å². The van der Waals surface area contributed by atoms with Crippen LogP contribution in [0.2, 0.25) is 10.3 Å². The van der Waals surface area contributed by atoms with Gasteiger partial charge in [0.05, 0.1) is 5.69 Å². The highest BCUT2D eigenvalue weighted by Gasteiger charge is 2.24. The van der Waals surface area contributed by atoms with Crippen molar-refractivity contribution >= 4 is 23.2 Å². The highest BCUT2D eigenvalue weighted by molar-refractivity contribution is 6.31. The van der Waals surface area contributed by atoms with Crippen molar-refractivity contribution in [1.29, 1.82) is 0 Å². The van der Waals surface area contributed by atoms with Gasteiger partial charge in [0, 0.05) is 10.4 Å². The largest absolute Gasteiger partial charge is 0.269 e. The van der Waals surface area contributed by atoms with Crippen molar-refractivity contribution in [2.75, 3.05) is 0 Å². The lowest BCUT2D eigenvalue weighted by atomic mass is 9.95. The molecule has 0 atom stereocenters. The number of halogens is 2. The number of hydrogen-bond acceptors (Lipinski definition) is 2. The summed E-state index contributed by atoms with van der Waals surface area (Å²) in [5.74, 6) is 0.817. The van der Waals surface area contributed by atoms with Crippen molar-refractivity contribution < 1.29 is 0 Å². The molecule has 0 aliphatic rings. The molecule has 0 saturated carbocycles. The second kappa shape index (κ2) is 4.56. The second-order valence-corrected chi connectivity index (χ2v) is 6.08. The summed E-state index contributed by atoms with van der Waals surface area (Å²) in [6.45, 7) is 8.23. The molecule has 0 amide bonds. The lowest BCUT2D eigenvalue weighted by molar-refractivity contribution is 0.533. The number of hydrogen-bond donors (Lipinski definition) is 0. The number of nitrogens with zero attached hydrogens (tertiary/aromatic N) is 3. The lowest BCUT2D eigenvalue weighted by Crippen LogP contribution is -2.18. The smallest absolute Gasteiger partial charge is 0.229 e. The Balaban J connectivity index is 2.71. The Kier molecular flexibility index (Phi) is 3.39. The molecule has 0 radical (unpaired) electrons. The van der Waals surface area contributed by atoms with Crippen molar-refractivity contribution in [3.63, 3.8) is 0 Å². The summed E-state index contributed by atoms with van der Waals surface area (Å²) in [5, 5.41) is 9.16. The predicted molar refractivity (Wildman–Crippen MR) is 74.8 cm³/mol. The number of rotatable bonds is 1. The van der Waals surface area contributed by atoms with E-state index in [1.807, 2.05) is 29.7 Å². The Labute approximate surface area is 117 Å².